The topological polar surface area (TPSA) is 110 Å². The van der Waals surface area contributed by atoms with Crippen LogP contribution in [0.3, 0.4) is 0 Å². The number of carbonyl (C=O) groups is 2. The maximum atomic E-state index is 13.0. The number of benzene rings is 2. The first-order valence-corrected chi connectivity index (χ1v) is 11.3. The van der Waals surface area contributed by atoms with Crippen LogP contribution in [0.5, 0.6) is 0 Å². The monoisotopic (exact) mass is 447 g/mol. The molecule has 1 aliphatic rings. The lowest BCUT2D eigenvalue weighted by molar-refractivity contribution is -0.119. The van der Waals surface area contributed by atoms with E-state index in [1.807, 2.05) is 0 Å². The molecule has 0 saturated carbocycles. The first-order chi connectivity index (χ1) is 14.2. The lowest BCUT2D eigenvalue weighted by Crippen LogP contribution is -2.45. The normalized spacial score (nSPS) is 17.7. The standard InChI is InChI=1S/C21H22ClN3O4S/c1-2-3-10-24-20(26)15-6-9-19-18(11-15)25(12-14-4-7-16(22)8-5-14)21(27)17(23)13-30(19,28)29/h2,4-9,11,17H,1,3,10,12-13,23H2,(H,24,26)/t17-/m0/s1. The Hall–Kier alpha value is -2.68. The van der Waals surface area contributed by atoms with E-state index in [4.69, 9.17) is 17.3 Å². The molecule has 0 radical (unpaired) electrons. The average Bonchev–Trinajstić information content (AvgIpc) is 2.78. The molecular formula is C21H22ClN3O4S. The Bertz CT molecular complexity index is 1080. The quantitative estimate of drug-likeness (QED) is 0.521. The minimum absolute atomic E-state index is 0.0274. The van der Waals surface area contributed by atoms with Crippen molar-refractivity contribution >= 4 is 38.9 Å². The number of rotatable bonds is 6. The zero-order valence-corrected chi connectivity index (χ0v) is 17.7. The number of fused-ring (bicyclic) bond motifs is 1. The second kappa shape index (κ2) is 8.99. The number of sulfone groups is 1. The van der Waals surface area contributed by atoms with Crippen molar-refractivity contribution in [1.29, 1.82) is 0 Å². The van der Waals surface area contributed by atoms with Gasteiger partial charge in [-0.05, 0) is 42.3 Å². The zero-order chi connectivity index (χ0) is 21.9. The predicted octanol–water partition coefficient (Wildman–Crippen LogP) is 2.29. The van der Waals surface area contributed by atoms with Crippen molar-refractivity contribution in [1.82, 2.24) is 5.32 Å². The third kappa shape index (κ3) is 4.72. The smallest absolute Gasteiger partial charge is 0.251 e. The molecule has 3 N–H and O–H groups in total. The third-order valence-electron chi connectivity index (χ3n) is 4.72. The van der Waals surface area contributed by atoms with E-state index in [0.717, 1.165) is 5.56 Å². The Morgan fingerprint density at radius 2 is 1.97 bits per heavy atom. The van der Waals surface area contributed by atoms with Gasteiger partial charge in [0.05, 0.1) is 28.9 Å². The van der Waals surface area contributed by atoms with Crippen LogP contribution in [0.1, 0.15) is 22.3 Å². The van der Waals surface area contributed by atoms with Gasteiger partial charge in [0, 0.05) is 17.1 Å². The number of carbonyl (C=O) groups excluding carboxylic acids is 2. The Morgan fingerprint density at radius 1 is 1.27 bits per heavy atom. The Labute approximate surface area is 180 Å². The lowest BCUT2D eigenvalue weighted by Gasteiger charge is -2.24. The van der Waals surface area contributed by atoms with Crippen LogP contribution in [0.2, 0.25) is 5.02 Å². The summed E-state index contributed by atoms with van der Waals surface area (Å²) in [6.45, 7) is 4.09. The number of hydrogen-bond acceptors (Lipinski definition) is 5. The van der Waals surface area contributed by atoms with Gasteiger partial charge >= 0.3 is 0 Å². The van der Waals surface area contributed by atoms with Crippen molar-refractivity contribution in [3.63, 3.8) is 0 Å². The largest absolute Gasteiger partial charge is 0.352 e. The van der Waals surface area contributed by atoms with Crippen molar-refractivity contribution < 1.29 is 18.0 Å². The van der Waals surface area contributed by atoms with Crippen LogP contribution >= 0.6 is 11.6 Å². The van der Waals surface area contributed by atoms with E-state index in [-0.39, 0.29) is 28.6 Å². The van der Waals surface area contributed by atoms with E-state index in [0.29, 0.717) is 18.0 Å². The summed E-state index contributed by atoms with van der Waals surface area (Å²) in [6, 6.07) is 9.84. The van der Waals surface area contributed by atoms with Gasteiger partial charge in [-0.25, -0.2) is 8.42 Å². The van der Waals surface area contributed by atoms with E-state index in [2.05, 4.69) is 11.9 Å². The van der Waals surface area contributed by atoms with Gasteiger partial charge in [-0.1, -0.05) is 29.8 Å². The highest BCUT2D eigenvalue weighted by atomic mass is 35.5. The van der Waals surface area contributed by atoms with Crippen molar-refractivity contribution in [2.24, 2.45) is 5.73 Å². The molecule has 2 amide bonds. The Balaban J connectivity index is 2.06. The van der Waals surface area contributed by atoms with Crippen LogP contribution in [-0.2, 0) is 21.2 Å². The molecule has 2 aromatic carbocycles. The number of halogens is 1. The summed E-state index contributed by atoms with van der Waals surface area (Å²) < 4.78 is 25.6. The second-order valence-corrected chi connectivity index (χ2v) is 9.39. The molecule has 1 aliphatic heterocycles. The fourth-order valence-corrected chi connectivity index (χ4v) is 4.86. The summed E-state index contributed by atoms with van der Waals surface area (Å²) >= 11 is 5.93. The molecular weight excluding hydrogens is 426 g/mol. The van der Waals surface area contributed by atoms with E-state index in [9.17, 15) is 18.0 Å². The summed E-state index contributed by atoms with van der Waals surface area (Å²) in [6.07, 6.45) is 2.28. The summed E-state index contributed by atoms with van der Waals surface area (Å²) in [4.78, 5) is 26.7. The summed E-state index contributed by atoms with van der Waals surface area (Å²) in [5, 5.41) is 3.27. The molecule has 0 bridgehead atoms. The van der Waals surface area contributed by atoms with Crippen molar-refractivity contribution in [2.45, 2.75) is 23.9 Å². The molecule has 0 aliphatic carbocycles. The number of nitrogens with two attached hydrogens (primary N) is 1. The number of nitrogens with one attached hydrogen (secondary N) is 1. The zero-order valence-electron chi connectivity index (χ0n) is 16.2. The molecule has 30 heavy (non-hydrogen) atoms. The number of nitrogens with zero attached hydrogens (tertiary/aromatic N) is 1. The fraction of sp³-hybridized carbons (Fsp3) is 0.238. The molecule has 2 aromatic rings. The summed E-state index contributed by atoms with van der Waals surface area (Å²) in [7, 11) is -3.81. The molecule has 7 nitrogen and oxygen atoms in total. The lowest BCUT2D eigenvalue weighted by atomic mass is 10.1. The average molecular weight is 448 g/mol. The van der Waals surface area contributed by atoms with Gasteiger partial charge in [0.15, 0.2) is 9.84 Å². The van der Waals surface area contributed by atoms with Crippen molar-refractivity contribution in [3.05, 3.63) is 71.3 Å². The third-order valence-corrected chi connectivity index (χ3v) is 6.78. The molecule has 0 spiro atoms. The highest BCUT2D eigenvalue weighted by molar-refractivity contribution is 7.91. The molecule has 0 unspecified atom stereocenters. The number of hydrogen-bond donors (Lipinski definition) is 2. The molecule has 9 heteroatoms. The molecule has 0 saturated heterocycles. The van der Waals surface area contributed by atoms with Crippen LogP contribution in [0.15, 0.2) is 60.0 Å². The van der Waals surface area contributed by atoms with Gasteiger partial charge < -0.3 is 16.0 Å². The minimum atomic E-state index is -3.81. The first kappa shape index (κ1) is 22.0. The Kier molecular flexibility index (Phi) is 6.60. The van der Waals surface area contributed by atoms with Gasteiger partial charge in [-0.15, -0.1) is 6.58 Å². The van der Waals surface area contributed by atoms with Crippen molar-refractivity contribution in [3.8, 4) is 0 Å². The Morgan fingerprint density at radius 3 is 2.63 bits per heavy atom. The van der Waals surface area contributed by atoms with Crippen LogP contribution in [-0.4, -0.2) is 38.6 Å². The molecule has 0 aromatic heterocycles. The van der Waals surface area contributed by atoms with E-state index in [1.54, 1.807) is 30.3 Å². The summed E-state index contributed by atoms with van der Waals surface area (Å²) in [5.74, 6) is -1.40. The van der Waals surface area contributed by atoms with Gasteiger partial charge in [0.2, 0.25) is 5.91 Å². The van der Waals surface area contributed by atoms with Gasteiger partial charge in [-0.2, -0.15) is 0 Å². The summed E-state index contributed by atoms with van der Waals surface area (Å²) in [5.41, 5.74) is 7.03. The second-order valence-electron chi connectivity index (χ2n) is 6.95. The molecule has 1 atom stereocenters. The number of anilines is 1. The van der Waals surface area contributed by atoms with Crippen LogP contribution in [0.4, 0.5) is 5.69 Å². The van der Waals surface area contributed by atoms with Crippen LogP contribution in [0, 0.1) is 0 Å². The fourth-order valence-electron chi connectivity index (χ4n) is 3.17. The van der Waals surface area contributed by atoms with Crippen LogP contribution < -0.4 is 16.0 Å². The predicted molar refractivity (Wildman–Crippen MR) is 116 cm³/mol. The molecule has 1 heterocycles. The molecule has 158 valence electrons. The van der Waals surface area contributed by atoms with Gasteiger partial charge in [0.1, 0.15) is 0 Å². The SMILES string of the molecule is C=CCCNC(=O)c1ccc2c(c1)N(Cc1ccc(Cl)cc1)C(=O)[C@@H](N)CS2(=O)=O. The highest BCUT2D eigenvalue weighted by Gasteiger charge is 2.36. The van der Waals surface area contributed by atoms with Crippen molar-refractivity contribution in [2.75, 3.05) is 17.2 Å². The minimum Gasteiger partial charge on any atom is -0.352 e. The maximum Gasteiger partial charge on any atom is 0.251 e. The number of amides is 2. The van der Waals surface area contributed by atoms with Crippen LogP contribution in [0.25, 0.3) is 0 Å². The van der Waals surface area contributed by atoms with E-state index < -0.39 is 27.5 Å². The highest BCUT2D eigenvalue weighted by Crippen LogP contribution is 2.32. The molecule has 0 fully saturated rings. The maximum absolute atomic E-state index is 13.0. The molecule has 3 rings (SSSR count). The first-order valence-electron chi connectivity index (χ1n) is 9.30. The van der Waals surface area contributed by atoms with Gasteiger partial charge in [0.25, 0.3) is 5.91 Å². The van der Waals surface area contributed by atoms with E-state index in [1.165, 1.54) is 23.1 Å². The van der Waals surface area contributed by atoms with E-state index >= 15 is 0 Å². The van der Waals surface area contributed by atoms with Gasteiger partial charge in [-0.3, -0.25) is 9.59 Å².